The van der Waals surface area contributed by atoms with Gasteiger partial charge in [0.15, 0.2) is 0 Å². The second kappa shape index (κ2) is 7.20. The fourth-order valence-electron chi connectivity index (χ4n) is 3.28. The number of amides is 1. The average Bonchev–Trinajstić information content (AvgIpc) is 3.23. The van der Waals surface area contributed by atoms with Gasteiger partial charge in [-0.3, -0.25) is 4.79 Å². The second-order valence-corrected chi connectivity index (χ2v) is 8.37. The van der Waals surface area contributed by atoms with Gasteiger partial charge in [-0.05, 0) is 49.9 Å². The summed E-state index contributed by atoms with van der Waals surface area (Å²) in [6.45, 7) is 4.55. The Morgan fingerprint density at radius 3 is 2.42 bits per heavy atom. The highest BCUT2D eigenvalue weighted by Crippen LogP contribution is 2.28. The monoisotopic (exact) mass is 379 g/mol. The number of sulfonamides is 1. The number of hydrogen-bond donors (Lipinski definition) is 2. The zero-order valence-corrected chi connectivity index (χ0v) is 15.6. The summed E-state index contributed by atoms with van der Waals surface area (Å²) in [7, 11) is -3.60. The molecule has 1 aliphatic rings. The molecule has 0 bridgehead atoms. The maximum absolute atomic E-state index is 12.9. The number of hydrogen-bond acceptors (Lipinski definition) is 3. The van der Waals surface area contributed by atoms with Crippen molar-refractivity contribution in [3.05, 3.63) is 52.6 Å². The fraction of sp³-hybridized carbons (Fsp3) is 0.389. The molecule has 0 atom stereocenters. The van der Waals surface area contributed by atoms with Gasteiger partial charge < -0.3 is 10.3 Å². The van der Waals surface area contributed by atoms with Crippen molar-refractivity contribution in [1.29, 1.82) is 0 Å². The summed E-state index contributed by atoms with van der Waals surface area (Å²) in [4.78, 5) is 15.6. The Morgan fingerprint density at radius 2 is 1.81 bits per heavy atom. The van der Waals surface area contributed by atoms with Crippen molar-refractivity contribution in [1.82, 2.24) is 14.6 Å². The van der Waals surface area contributed by atoms with Crippen LogP contribution in [0.1, 0.15) is 40.2 Å². The van der Waals surface area contributed by atoms with E-state index in [1.807, 2.05) is 0 Å². The SMILES string of the molecule is Cc1[nH]c(C(=O)NCc2ccc(F)cc2)c(C)c1S(=O)(=O)N1CCCC1. The maximum Gasteiger partial charge on any atom is 0.268 e. The number of rotatable bonds is 5. The molecule has 6 nitrogen and oxygen atoms in total. The number of aryl methyl sites for hydroxylation is 1. The Balaban J connectivity index is 1.80. The minimum absolute atomic E-state index is 0.186. The summed E-state index contributed by atoms with van der Waals surface area (Å²) in [6.07, 6.45) is 1.71. The molecule has 2 N–H and O–H groups in total. The van der Waals surface area contributed by atoms with Crippen LogP contribution in [0.3, 0.4) is 0 Å². The first kappa shape index (κ1) is 18.6. The number of aromatic nitrogens is 1. The average molecular weight is 379 g/mol. The van der Waals surface area contributed by atoms with Gasteiger partial charge in [-0.25, -0.2) is 12.8 Å². The van der Waals surface area contributed by atoms with E-state index in [0.717, 1.165) is 18.4 Å². The summed E-state index contributed by atoms with van der Waals surface area (Å²) in [6, 6.07) is 5.83. The van der Waals surface area contributed by atoms with Crippen molar-refractivity contribution in [2.45, 2.75) is 38.1 Å². The van der Waals surface area contributed by atoms with Crippen molar-refractivity contribution in [2.75, 3.05) is 13.1 Å². The smallest absolute Gasteiger partial charge is 0.268 e. The lowest BCUT2D eigenvalue weighted by molar-refractivity contribution is 0.0945. The zero-order valence-electron chi connectivity index (χ0n) is 14.8. The third-order valence-electron chi connectivity index (χ3n) is 4.62. The Labute approximate surface area is 152 Å². The van der Waals surface area contributed by atoms with Gasteiger partial charge in [-0.2, -0.15) is 4.31 Å². The second-order valence-electron chi connectivity index (χ2n) is 6.50. The molecule has 1 aromatic heterocycles. The molecule has 0 aliphatic carbocycles. The summed E-state index contributed by atoms with van der Waals surface area (Å²) in [5.74, 6) is -0.731. The van der Waals surface area contributed by atoms with Gasteiger partial charge in [0.25, 0.3) is 5.91 Å². The highest BCUT2D eigenvalue weighted by Gasteiger charge is 2.33. The van der Waals surface area contributed by atoms with Gasteiger partial charge >= 0.3 is 0 Å². The molecule has 1 saturated heterocycles. The molecular weight excluding hydrogens is 357 g/mol. The maximum atomic E-state index is 12.9. The predicted molar refractivity (Wildman–Crippen MR) is 95.8 cm³/mol. The highest BCUT2D eigenvalue weighted by molar-refractivity contribution is 7.89. The molecule has 1 fully saturated rings. The van der Waals surface area contributed by atoms with Crippen molar-refractivity contribution in [3.63, 3.8) is 0 Å². The van der Waals surface area contributed by atoms with Crippen LogP contribution in [0.2, 0.25) is 0 Å². The van der Waals surface area contributed by atoms with Crippen LogP contribution in [-0.4, -0.2) is 36.7 Å². The molecule has 3 rings (SSSR count). The standard InChI is InChI=1S/C18H22FN3O3S/c1-12-16(18(23)20-11-14-5-7-15(19)8-6-14)21-13(2)17(12)26(24,25)22-9-3-4-10-22/h5-8,21H,3-4,9-11H2,1-2H3,(H,20,23). The summed E-state index contributed by atoms with van der Waals surface area (Å²) in [5.41, 5.74) is 1.88. The summed E-state index contributed by atoms with van der Waals surface area (Å²) >= 11 is 0. The lowest BCUT2D eigenvalue weighted by Gasteiger charge is -2.16. The lowest BCUT2D eigenvalue weighted by Crippen LogP contribution is -2.29. The van der Waals surface area contributed by atoms with E-state index in [2.05, 4.69) is 10.3 Å². The van der Waals surface area contributed by atoms with Crippen LogP contribution in [0.15, 0.2) is 29.2 Å². The molecule has 1 amide bonds. The molecule has 0 radical (unpaired) electrons. The fourth-order valence-corrected chi connectivity index (χ4v) is 5.20. The summed E-state index contributed by atoms with van der Waals surface area (Å²) in [5, 5.41) is 2.74. The van der Waals surface area contributed by atoms with Crippen molar-refractivity contribution in [2.24, 2.45) is 0 Å². The number of nitrogens with zero attached hydrogens (tertiary/aromatic N) is 1. The van der Waals surface area contributed by atoms with E-state index in [0.29, 0.717) is 24.3 Å². The van der Waals surface area contributed by atoms with Gasteiger partial charge in [0, 0.05) is 25.3 Å². The van der Waals surface area contributed by atoms with Crippen LogP contribution in [0.25, 0.3) is 0 Å². The molecule has 1 aromatic carbocycles. The third kappa shape index (κ3) is 3.52. The molecule has 140 valence electrons. The number of benzene rings is 1. The van der Waals surface area contributed by atoms with Crippen LogP contribution in [0.4, 0.5) is 4.39 Å². The number of halogens is 1. The van der Waals surface area contributed by atoms with E-state index in [4.69, 9.17) is 0 Å². The molecule has 26 heavy (non-hydrogen) atoms. The van der Waals surface area contributed by atoms with Crippen molar-refractivity contribution in [3.8, 4) is 0 Å². The van der Waals surface area contributed by atoms with Crippen LogP contribution < -0.4 is 5.32 Å². The third-order valence-corrected chi connectivity index (χ3v) is 6.80. The van der Waals surface area contributed by atoms with Gasteiger partial charge in [0.1, 0.15) is 16.4 Å². The molecule has 0 saturated carbocycles. The molecule has 8 heteroatoms. The Bertz CT molecular complexity index is 914. The van der Waals surface area contributed by atoms with E-state index in [1.165, 1.54) is 16.4 Å². The molecule has 0 unspecified atom stereocenters. The van der Waals surface area contributed by atoms with E-state index in [9.17, 15) is 17.6 Å². The van der Waals surface area contributed by atoms with Gasteiger partial charge in [-0.15, -0.1) is 0 Å². The van der Waals surface area contributed by atoms with Crippen LogP contribution >= 0.6 is 0 Å². The topological polar surface area (TPSA) is 82.3 Å². The first-order chi connectivity index (χ1) is 12.3. The predicted octanol–water partition coefficient (Wildman–Crippen LogP) is 2.49. The molecule has 1 aliphatic heterocycles. The Kier molecular flexibility index (Phi) is 5.15. The van der Waals surface area contributed by atoms with E-state index >= 15 is 0 Å². The minimum atomic E-state index is -3.60. The first-order valence-electron chi connectivity index (χ1n) is 8.52. The van der Waals surface area contributed by atoms with E-state index in [-0.39, 0.29) is 23.0 Å². The Hall–Kier alpha value is -2.19. The quantitative estimate of drug-likeness (QED) is 0.837. The molecule has 2 heterocycles. The van der Waals surface area contributed by atoms with Crippen LogP contribution in [0, 0.1) is 19.7 Å². The normalized spacial score (nSPS) is 15.3. The summed E-state index contributed by atoms with van der Waals surface area (Å²) < 4.78 is 40.1. The van der Waals surface area contributed by atoms with E-state index < -0.39 is 15.9 Å². The van der Waals surface area contributed by atoms with Crippen LogP contribution in [-0.2, 0) is 16.6 Å². The number of aromatic amines is 1. The first-order valence-corrected chi connectivity index (χ1v) is 9.96. The Morgan fingerprint density at radius 1 is 1.19 bits per heavy atom. The van der Waals surface area contributed by atoms with Gasteiger partial charge in [0.05, 0.1) is 0 Å². The van der Waals surface area contributed by atoms with Gasteiger partial charge in [-0.1, -0.05) is 12.1 Å². The number of nitrogens with one attached hydrogen (secondary N) is 2. The highest BCUT2D eigenvalue weighted by atomic mass is 32.2. The van der Waals surface area contributed by atoms with Crippen molar-refractivity contribution >= 4 is 15.9 Å². The zero-order chi connectivity index (χ0) is 18.9. The molecular formula is C18H22FN3O3S. The lowest BCUT2D eigenvalue weighted by atomic mass is 10.2. The molecule has 0 spiro atoms. The van der Waals surface area contributed by atoms with Gasteiger partial charge in [0.2, 0.25) is 10.0 Å². The largest absolute Gasteiger partial charge is 0.353 e. The number of carbonyl (C=O) groups is 1. The van der Waals surface area contributed by atoms with Crippen molar-refractivity contribution < 1.29 is 17.6 Å². The number of H-pyrrole nitrogens is 1. The number of carbonyl (C=O) groups excluding carboxylic acids is 1. The van der Waals surface area contributed by atoms with E-state index in [1.54, 1.807) is 26.0 Å². The molecule has 2 aromatic rings. The van der Waals surface area contributed by atoms with Crippen LogP contribution in [0.5, 0.6) is 0 Å². The minimum Gasteiger partial charge on any atom is -0.353 e.